The zero-order valence-corrected chi connectivity index (χ0v) is 17.7. The van der Waals surface area contributed by atoms with Gasteiger partial charge in [-0.1, -0.05) is 29.8 Å². The van der Waals surface area contributed by atoms with Crippen LogP contribution in [0.5, 0.6) is 5.75 Å². The first-order chi connectivity index (χ1) is 13.4. The third kappa shape index (κ3) is 4.71. The summed E-state index contributed by atoms with van der Waals surface area (Å²) in [7, 11) is 0. The predicted molar refractivity (Wildman–Crippen MR) is 112 cm³/mol. The number of ether oxygens (including phenoxy) is 1. The molecule has 1 heterocycles. The highest BCUT2D eigenvalue weighted by Crippen LogP contribution is 2.37. The molecule has 2 aromatic carbocycles. The van der Waals surface area contributed by atoms with Gasteiger partial charge in [0.15, 0.2) is 5.75 Å². The number of hydrogen-bond acceptors (Lipinski definition) is 4. The van der Waals surface area contributed by atoms with Crippen molar-refractivity contribution in [1.82, 2.24) is 4.90 Å². The van der Waals surface area contributed by atoms with Crippen molar-refractivity contribution in [1.29, 1.82) is 0 Å². The Morgan fingerprint density at radius 3 is 2.64 bits per heavy atom. The summed E-state index contributed by atoms with van der Waals surface area (Å²) in [6.07, 6.45) is -1.69. The number of halogens is 2. The van der Waals surface area contributed by atoms with Crippen LogP contribution < -0.4 is 9.64 Å². The predicted octanol–water partition coefficient (Wildman–Crippen LogP) is 4.40. The smallest absolute Gasteiger partial charge is 0.407 e. The maximum absolute atomic E-state index is 11.3. The maximum Gasteiger partial charge on any atom is 0.407 e. The summed E-state index contributed by atoms with van der Waals surface area (Å²) in [6, 6.07) is 12.6. The van der Waals surface area contributed by atoms with Gasteiger partial charge >= 0.3 is 6.09 Å². The number of anilines is 1. The molecule has 0 bridgehead atoms. The van der Waals surface area contributed by atoms with Crippen LogP contribution in [0, 0.1) is 0 Å². The van der Waals surface area contributed by atoms with Gasteiger partial charge in [-0.2, -0.15) is 0 Å². The third-order valence-electron chi connectivity index (χ3n) is 4.80. The van der Waals surface area contributed by atoms with Crippen LogP contribution in [-0.4, -0.2) is 53.5 Å². The first kappa shape index (κ1) is 20.8. The van der Waals surface area contributed by atoms with Crippen molar-refractivity contribution in [2.75, 3.05) is 31.1 Å². The Balaban J connectivity index is 1.73. The molecule has 0 aromatic heterocycles. The SMILES string of the molecule is C[C@H]1CN(c2cccc(Br)c2OCC(O)c2ccc(Cl)cc2)CCN1C(=O)O. The van der Waals surface area contributed by atoms with Gasteiger partial charge in [0.05, 0.1) is 10.2 Å². The van der Waals surface area contributed by atoms with Crippen molar-refractivity contribution in [3.05, 3.63) is 57.5 Å². The van der Waals surface area contributed by atoms with Crippen molar-refractivity contribution < 1.29 is 19.7 Å². The molecule has 3 rings (SSSR count). The van der Waals surface area contributed by atoms with Gasteiger partial charge in [0.1, 0.15) is 12.7 Å². The normalized spacial score (nSPS) is 18.1. The van der Waals surface area contributed by atoms with Crippen LogP contribution in [0.15, 0.2) is 46.9 Å². The van der Waals surface area contributed by atoms with E-state index in [1.807, 2.05) is 25.1 Å². The van der Waals surface area contributed by atoms with E-state index in [1.165, 1.54) is 4.90 Å². The van der Waals surface area contributed by atoms with Crippen LogP contribution in [0.1, 0.15) is 18.6 Å². The molecule has 0 aliphatic carbocycles. The first-order valence-electron chi connectivity index (χ1n) is 8.96. The number of benzene rings is 2. The minimum absolute atomic E-state index is 0.0852. The van der Waals surface area contributed by atoms with E-state index in [2.05, 4.69) is 20.8 Å². The van der Waals surface area contributed by atoms with E-state index in [4.69, 9.17) is 16.3 Å². The second-order valence-electron chi connectivity index (χ2n) is 6.74. The standard InChI is InChI=1S/C20H22BrClN2O4/c1-13-11-23(9-10-24(13)20(26)27)17-4-2-3-16(21)19(17)28-12-18(25)14-5-7-15(22)8-6-14/h2-8,13,18,25H,9-12H2,1H3,(H,26,27)/t13-,18?/m0/s1. The Morgan fingerprint density at radius 1 is 1.29 bits per heavy atom. The van der Waals surface area contributed by atoms with Crippen molar-refractivity contribution in [2.24, 2.45) is 0 Å². The highest BCUT2D eigenvalue weighted by molar-refractivity contribution is 9.10. The summed E-state index contributed by atoms with van der Waals surface area (Å²) in [4.78, 5) is 14.9. The lowest BCUT2D eigenvalue weighted by atomic mass is 10.1. The quantitative estimate of drug-likeness (QED) is 0.679. The molecule has 2 atom stereocenters. The second kappa shape index (κ2) is 9.03. The number of piperazine rings is 1. The van der Waals surface area contributed by atoms with Gasteiger partial charge in [-0.3, -0.25) is 0 Å². The van der Waals surface area contributed by atoms with Crippen molar-refractivity contribution in [3.63, 3.8) is 0 Å². The molecular formula is C20H22BrClN2O4. The molecule has 2 aromatic rings. The van der Waals surface area contributed by atoms with E-state index in [1.54, 1.807) is 24.3 Å². The fraction of sp³-hybridized carbons (Fsp3) is 0.350. The molecular weight excluding hydrogens is 448 g/mol. The van der Waals surface area contributed by atoms with Crippen molar-refractivity contribution in [2.45, 2.75) is 19.1 Å². The van der Waals surface area contributed by atoms with Gasteiger partial charge in [0.2, 0.25) is 0 Å². The molecule has 1 aliphatic heterocycles. The molecule has 28 heavy (non-hydrogen) atoms. The van der Waals surface area contributed by atoms with E-state index in [9.17, 15) is 15.0 Å². The number of carboxylic acid groups (broad SMARTS) is 1. The van der Waals surface area contributed by atoms with E-state index >= 15 is 0 Å². The van der Waals surface area contributed by atoms with Crippen LogP contribution in [-0.2, 0) is 0 Å². The number of aliphatic hydroxyl groups is 1. The molecule has 1 unspecified atom stereocenters. The molecule has 1 fully saturated rings. The maximum atomic E-state index is 11.3. The Kier molecular flexibility index (Phi) is 6.69. The Morgan fingerprint density at radius 2 is 2.00 bits per heavy atom. The Hall–Kier alpha value is -1.96. The van der Waals surface area contributed by atoms with E-state index < -0.39 is 12.2 Å². The molecule has 0 radical (unpaired) electrons. The van der Waals surface area contributed by atoms with E-state index in [0.29, 0.717) is 30.4 Å². The number of hydrogen-bond donors (Lipinski definition) is 2. The Labute approximate surface area is 177 Å². The van der Waals surface area contributed by atoms with Gasteiger partial charge < -0.3 is 24.7 Å². The topological polar surface area (TPSA) is 73.2 Å². The number of nitrogens with zero attached hydrogens (tertiary/aromatic N) is 2. The summed E-state index contributed by atoms with van der Waals surface area (Å²) >= 11 is 9.42. The summed E-state index contributed by atoms with van der Waals surface area (Å²) in [5, 5.41) is 20.3. The number of carbonyl (C=O) groups is 1. The van der Waals surface area contributed by atoms with E-state index in [-0.39, 0.29) is 12.6 Å². The molecule has 1 aliphatic rings. The van der Waals surface area contributed by atoms with Gasteiger partial charge in [-0.15, -0.1) is 0 Å². The second-order valence-corrected chi connectivity index (χ2v) is 8.03. The average Bonchev–Trinajstić information content (AvgIpc) is 2.66. The van der Waals surface area contributed by atoms with Crippen LogP contribution in [0.3, 0.4) is 0 Å². The number of amides is 1. The lowest BCUT2D eigenvalue weighted by Crippen LogP contribution is -2.53. The molecule has 8 heteroatoms. The summed E-state index contributed by atoms with van der Waals surface area (Å²) in [6.45, 7) is 3.54. The fourth-order valence-electron chi connectivity index (χ4n) is 3.29. The summed E-state index contributed by atoms with van der Waals surface area (Å²) in [5.74, 6) is 0.631. The van der Waals surface area contributed by atoms with Gasteiger partial charge in [0, 0.05) is 30.7 Å². The molecule has 6 nitrogen and oxygen atoms in total. The lowest BCUT2D eigenvalue weighted by molar-refractivity contribution is 0.107. The molecule has 1 amide bonds. The van der Waals surface area contributed by atoms with Gasteiger partial charge in [-0.05, 0) is 52.7 Å². The molecule has 150 valence electrons. The molecule has 1 saturated heterocycles. The van der Waals surface area contributed by atoms with Crippen molar-refractivity contribution >= 4 is 39.3 Å². The van der Waals surface area contributed by atoms with Gasteiger partial charge in [-0.25, -0.2) is 4.79 Å². The number of para-hydroxylation sites is 1. The van der Waals surface area contributed by atoms with Crippen LogP contribution in [0.4, 0.5) is 10.5 Å². The largest absolute Gasteiger partial charge is 0.487 e. The number of aliphatic hydroxyl groups excluding tert-OH is 1. The van der Waals surface area contributed by atoms with Crippen LogP contribution in [0.2, 0.25) is 5.02 Å². The minimum atomic E-state index is -0.899. The van der Waals surface area contributed by atoms with E-state index in [0.717, 1.165) is 15.7 Å². The van der Waals surface area contributed by atoms with Crippen molar-refractivity contribution in [3.8, 4) is 5.75 Å². The lowest BCUT2D eigenvalue weighted by Gasteiger charge is -2.40. The number of rotatable bonds is 5. The third-order valence-corrected chi connectivity index (χ3v) is 5.68. The fourth-order valence-corrected chi connectivity index (χ4v) is 3.89. The summed E-state index contributed by atoms with van der Waals surface area (Å²) in [5.41, 5.74) is 1.59. The Bertz CT molecular complexity index is 833. The first-order valence-corrected chi connectivity index (χ1v) is 10.1. The summed E-state index contributed by atoms with van der Waals surface area (Å²) < 4.78 is 6.75. The molecule has 0 saturated carbocycles. The zero-order valence-electron chi connectivity index (χ0n) is 15.4. The monoisotopic (exact) mass is 468 g/mol. The molecule has 0 spiro atoms. The zero-order chi connectivity index (χ0) is 20.3. The highest BCUT2D eigenvalue weighted by atomic mass is 79.9. The highest BCUT2D eigenvalue weighted by Gasteiger charge is 2.29. The van der Waals surface area contributed by atoms with Crippen LogP contribution in [0.25, 0.3) is 0 Å². The molecule has 2 N–H and O–H groups in total. The minimum Gasteiger partial charge on any atom is -0.487 e. The van der Waals surface area contributed by atoms with Crippen LogP contribution >= 0.6 is 27.5 Å². The van der Waals surface area contributed by atoms with Gasteiger partial charge in [0.25, 0.3) is 0 Å². The average molecular weight is 470 g/mol.